The normalized spacial score (nSPS) is 16.1. The third-order valence-corrected chi connectivity index (χ3v) is 5.69. The molecule has 2 heterocycles. The van der Waals surface area contributed by atoms with Gasteiger partial charge in [0, 0.05) is 27.0 Å². The van der Waals surface area contributed by atoms with Crippen molar-refractivity contribution in [2.75, 3.05) is 5.32 Å². The molecule has 0 saturated heterocycles. The number of nitrogens with one attached hydrogen (secondary N) is 2. The number of thioether (sulfide) groups is 1. The van der Waals surface area contributed by atoms with E-state index in [1.807, 2.05) is 11.8 Å². The van der Waals surface area contributed by atoms with Crippen molar-refractivity contribution < 1.29 is 0 Å². The maximum absolute atomic E-state index is 3.68. The first-order valence-electron chi connectivity index (χ1n) is 8.08. The van der Waals surface area contributed by atoms with Crippen LogP contribution in [0.5, 0.6) is 0 Å². The van der Waals surface area contributed by atoms with Crippen LogP contribution in [-0.2, 0) is 0 Å². The van der Waals surface area contributed by atoms with Gasteiger partial charge in [0.05, 0.1) is 5.69 Å². The lowest BCUT2D eigenvalue weighted by molar-refractivity contribution is 1.15. The van der Waals surface area contributed by atoms with Crippen LogP contribution in [0.4, 0.5) is 5.69 Å². The van der Waals surface area contributed by atoms with Crippen LogP contribution in [0, 0.1) is 0 Å². The molecule has 1 atom stereocenters. The summed E-state index contributed by atoms with van der Waals surface area (Å²) in [5.41, 5.74) is 6.16. The van der Waals surface area contributed by atoms with Crippen LogP contribution in [0.3, 0.4) is 0 Å². The third kappa shape index (κ3) is 2.13. The molecule has 0 spiro atoms. The summed E-state index contributed by atoms with van der Waals surface area (Å²) < 4.78 is 0. The van der Waals surface area contributed by atoms with E-state index in [0.29, 0.717) is 0 Å². The van der Waals surface area contributed by atoms with E-state index in [-0.39, 0.29) is 5.37 Å². The van der Waals surface area contributed by atoms with Crippen LogP contribution in [0.25, 0.3) is 22.2 Å². The number of benzene rings is 3. The first-order valence-corrected chi connectivity index (χ1v) is 8.96. The Balaban J connectivity index is 1.70. The van der Waals surface area contributed by atoms with Gasteiger partial charge in [-0.25, -0.2) is 0 Å². The van der Waals surface area contributed by atoms with E-state index in [9.17, 15) is 0 Å². The van der Waals surface area contributed by atoms with E-state index in [4.69, 9.17) is 0 Å². The number of H-pyrrole nitrogens is 1. The molecule has 1 aliphatic rings. The monoisotopic (exact) mass is 328 g/mol. The minimum atomic E-state index is 0.216. The number of rotatable bonds is 2. The standard InChI is InChI=1S/C21H16N2S/c1-2-8-14(9-3-1)20-19(15-10-4-5-11-16(15)22-20)21-23-17-12-6-7-13-18(17)24-21/h1-13,21-23H. The lowest BCUT2D eigenvalue weighted by atomic mass is 10.0. The van der Waals surface area contributed by atoms with Crippen molar-refractivity contribution in [2.45, 2.75) is 10.3 Å². The zero-order chi connectivity index (χ0) is 15.9. The number of fused-ring (bicyclic) bond motifs is 2. The predicted molar refractivity (Wildman–Crippen MR) is 102 cm³/mol. The third-order valence-electron chi connectivity index (χ3n) is 4.49. The lowest BCUT2D eigenvalue weighted by Crippen LogP contribution is -2.02. The number of aromatic amines is 1. The molecule has 0 amide bonds. The lowest BCUT2D eigenvalue weighted by Gasteiger charge is -2.13. The first-order chi connectivity index (χ1) is 11.9. The zero-order valence-electron chi connectivity index (χ0n) is 13.0. The van der Waals surface area contributed by atoms with Crippen LogP contribution < -0.4 is 5.32 Å². The molecular formula is C21H16N2S. The van der Waals surface area contributed by atoms with Gasteiger partial charge in [-0.1, -0.05) is 72.4 Å². The molecule has 4 aromatic rings. The number of para-hydroxylation sites is 2. The van der Waals surface area contributed by atoms with Crippen molar-refractivity contribution in [2.24, 2.45) is 0 Å². The van der Waals surface area contributed by atoms with E-state index in [2.05, 4.69) is 89.2 Å². The Morgan fingerprint density at radius 2 is 1.50 bits per heavy atom. The summed E-state index contributed by atoms with van der Waals surface area (Å²) >= 11 is 1.89. The summed E-state index contributed by atoms with van der Waals surface area (Å²) in [6.45, 7) is 0. The van der Waals surface area contributed by atoms with Gasteiger partial charge in [0.1, 0.15) is 5.37 Å². The topological polar surface area (TPSA) is 27.8 Å². The van der Waals surface area contributed by atoms with Gasteiger partial charge in [-0.15, -0.1) is 0 Å². The van der Waals surface area contributed by atoms with Crippen molar-refractivity contribution in [1.29, 1.82) is 0 Å². The number of hydrogen-bond donors (Lipinski definition) is 2. The summed E-state index contributed by atoms with van der Waals surface area (Å²) in [4.78, 5) is 4.94. The highest BCUT2D eigenvalue weighted by Crippen LogP contribution is 2.50. The van der Waals surface area contributed by atoms with Gasteiger partial charge < -0.3 is 10.3 Å². The van der Waals surface area contributed by atoms with E-state index in [0.717, 1.165) is 0 Å². The number of aromatic nitrogens is 1. The van der Waals surface area contributed by atoms with E-state index >= 15 is 0 Å². The predicted octanol–water partition coefficient (Wildman–Crippen LogP) is 6.05. The molecule has 0 radical (unpaired) electrons. The van der Waals surface area contributed by atoms with Crippen molar-refractivity contribution in [3.63, 3.8) is 0 Å². The molecule has 116 valence electrons. The number of hydrogen-bond acceptors (Lipinski definition) is 2. The second-order valence-corrected chi connectivity index (χ2v) is 7.11. The molecule has 0 aliphatic carbocycles. The van der Waals surface area contributed by atoms with Crippen LogP contribution >= 0.6 is 11.8 Å². The van der Waals surface area contributed by atoms with Crippen molar-refractivity contribution >= 4 is 28.4 Å². The van der Waals surface area contributed by atoms with Crippen molar-refractivity contribution in [1.82, 2.24) is 4.98 Å². The Hall–Kier alpha value is -2.65. The highest BCUT2D eigenvalue weighted by molar-refractivity contribution is 8.00. The van der Waals surface area contributed by atoms with Gasteiger partial charge in [0.15, 0.2) is 0 Å². The molecule has 2 N–H and O–H groups in total. The molecule has 0 fully saturated rings. The first kappa shape index (κ1) is 13.8. The Bertz CT molecular complexity index is 995. The SMILES string of the molecule is c1ccc(-c2[nH]c3ccccc3c2C2Nc3ccccc3S2)cc1. The van der Waals surface area contributed by atoms with Crippen molar-refractivity contribution in [3.05, 3.63) is 84.4 Å². The molecule has 5 rings (SSSR count). The van der Waals surface area contributed by atoms with E-state index in [1.165, 1.54) is 38.3 Å². The molecule has 1 aromatic heterocycles. The molecule has 0 saturated carbocycles. The maximum Gasteiger partial charge on any atom is 0.105 e. The van der Waals surface area contributed by atoms with Crippen LogP contribution in [0.1, 0.15) is 10.9 Å². The van der Waals surface area contributed by atoms with Gasteiger partial charge in [0.25, 0.3) is 0 Å². The second-order valence-electron chi connectivity index (χ2n) is 5.96. The van der Waals surface area contributed by atoms with Gasteiger partial charge in [-0.05, 0) is 23.8 Å². The average molecular weight is 328 g/mol. The molecule has 1 unspecified atom stereocenters. The Morgan fingerprint density at radius 1 is 0.750 bits per heavy atom. The molecule has 0 bridgehead atoms. The fourth-order valence-electron chi connectivity index (χ4n) is 3.39. The fourth-order valence-corrected chi connectivity index (χ4v) is 4.60. The molecule has 3 aromatic carbocycles. The van der Waals surface area contributed by atoms with Crippen LogP contribution in [0.2, 0.25) is 0 Å². The highest BCUT2D eigenvalue weighted by Gasteiger charge is 2.27. The van der Waals surface area contributed by atoms with Gasteiger partial charge in [-0.2, -0.15) is 0 Å². The Kier molecular flexibility index (Phi) is 3.13. The molecule has 1 aliphatic heterocycles. The van der Waals surface area contributed by atoms with Crippen molar-refractivity contribution in [3.8, 4) is 11.3 Å². The number of anilines is 1. The van der Waals surface area contributed by atoms with E-state index in [1.54, 1.807) is 0 Å². The molecule has 3 heteroatoms. The molecule has 2 nitrogen and oxygen atoms in total. The van der Waals surface area contributed by atoms with Gasteiger partial charge >= 0.3 is 0 Å². The van der Waals surface area contributed by atoms with Gasteiger partial charge in [-0.3, -0.25) is 0 Å². The van der Waals surface area contributed by atoms with Crippen LogP contribution in [-0.4, -0.2) is 4.98 Å². The summed E-state index contributed by atoms with van der Waals surface area (Å²) in [6, 6.07) is 27.7. The summed E-state index contributed by atoms with van der Waals surface area (Å²) in [5, 5.41) is 5.18. The summed E-state index contributed by atoms with van der Waals surface area (Å²) in [7, 11) is 0. The van der Waals surface area contributed by atoms with E-state index < -0.39 is 0 Å². The average Bonchev–Trinajstić information content (AvgIpc) is 3.23. The molecule has 24 heavy (non-hydrogen) atoms. The Morgan fingerprint density at radius 3 is 2.38 bits per heavy atom. The highest BCUT2D eigenvalue weighted by atomic mass is 32.2. The largest absolute Gasteiger partial charge is 0.368 e. The maximum atomic E-state index is 3.68. The Labute approximate surface area is 144 Å². The molecular weight excluding hydrogens is 312 g/mol. The smallest absolute Gasteiger partial charge is 0.105 e. The summed E-state index contributed by atoms with van der Waals surface area (Å²) in [6.07, 6.45) is 0. The fraction of sp³-hybridized carbons (Fsp3) is 0.0476. The minimum absolute atomic E-state index is 0.216. The van der Waals surface area contributed by atoms with Gasteiger partial charge in [0.2, 0.25) is 0 Å². The summed E-state index contributed by atoms with van der Waals surface area (Å²) in [5.74, 6) is 0. The minimum Gasteiger partial charge on any atom is -0.368 e. The second kappa shape index (κ2) is 5.46. The zero-order valence-corrected chi connectivity index (χ0v) is 13.8. The van der Waals surface area contributed by atoms with Crippen LogP contribution in [0.15, 0.2) is 83.8 Å². The quantitative estimate of drug-likeness (QED) is 0.469.